The van der Waals surface area contributed by atoms with Crippen LogP contribution in [0, 0.1) is 12.8 Å². The molecular weight excluding hydrogens is 348 g/mol. The summed E-state index contributed by atoms with van der Waals surface area (Å²) in [6.07, 6.45) is -0.985. The van der Waals surface area contributed by atoms with Crippen LogP contribution in [-0.4, -0.2) is 44.1 Å². The Labute approximate surface area is 149 Å². The molecule has 1 fully saturated rings. The zero-order valence-corrected chi connectivity index (χ0v) is 15.0. The summed E-state index contributed by atoms with van der Waals surface area (Å²) in [7, 11) is 1.62. The van der Waals surface area contributed by atoms with Crippen LogP contribution in [-0.2, 0) is 4.79 Å². The molecule has 0 aliphatic carbocycles. The summed E-state index contributed by atoms with van der Waals surface area (Å²) in [6, 6.07) is 3.90. The fourth-order valence-electron chi connectivity index (χ4n) is 3.09. The normalized spacial score (nSPS) is 18.0. The van der Waals surface area contributed by atoms with Crippen molar-refractivity contribution in [3.63, 3.8) is 0 Å². The number of hydrogen-bond acceptors (Lipinski definition) is 5. The number of ether oxygens (including phenoxy) is 1. The van der Waals surface area contributed by atoms with Crippen LogP contribution in [0.3, 0.4) is 0 Å². The molecule has 0 saturated carbocycles. The lowest BCUT2D eigenvalue weighted by Gasteiger charge is -2.31. The number of carbonyl (C=O) groups is 1. The van der Waals surface area contributed by atoms with E-state index >= 15 is 0 Å². The van der Waals surface area contributed by atoms with E-state index in [0.717, 1.165) is 39.6 Å². The van der Waals surface area contributed by atoms with Crippen LogP contribution in [0.15, 0.2) is 12.1 Å². The van der Waals surface area contributed by atoms with Crippen LogP contribution in [0.5, 0.6) is 5.75 Å². The van der Waals surface area contributed by atoms with Crippen molar-refractivity contribution >= 4 is 32.6 Å². The number of methoxy groups -OCH3 is 1. The van der Waals surface area contributed by atoms with E-state index in [-0.39, 0.29) is 11.8 Å². The summed E-state index contributed by atoms with van der Waals surface area (Å²) in [6.45, 7) is 2.74. The molecule has 25 heavy (non-hydrogen) atoms. The first-order chi connectivity index (χ1) is 12.0. The highest BCUT2D eigenvalue weighted by molar-refractivity contribution is 7.22. The van der Waals surface area contributed by atoms with Gasteiger partial charge in [-0.2, -0.15) is 0 Å². The molecular formula is C17H21F2N3O2S. The van der Waals surface area contributed by atoms with Crippen molar-refractivity contribution in [2.45, 2.75) is 26.2 Å². The van der Waals surface area contributed by atoms with Gasteiger partial charge in [-0.1, -0.05) is 17.4 Å². The van der Waals surface area contributed by atoms with Gasteiger partial charge >= 0.3 is 0 Å². The van der Waals surface area contributed by atoms with Gasteiger partial charge in [0, 0.05) is 13.1 Å². The SMILES string of the molecule is COc1ccc(C)c2sc(N3CCCC(C(=O)NCC(F)F)C3)nc12. The maximum Gasteiger partial charge on any atom is 0.255 e. The van der Waals surface area contributed by atoms with Crippen molar-refractivity contribution in [3.05, 3.63) is 17.7 Å². The second kappa shape index (κ2) is 7.51. The quantitative estimate of drug-likeness (QED) is 0.879. The minimum absolute atomic E-state index is 0.289. The molecule has 8 heteroatoms. The predicted octanol–water partition coefficient (Wildman–Crippen LogP) is 3.21. The van der Waals surface area contributed by atoms with Crippen molar-refractivity contribution in [1.29, 1.82) is 0 Å². The smallest absolute Gasteiger partial charge is 0.255 e. The molecule has 0 radical (unpaired) electrons. The Morgan fingerprint density at radius 1 is 1.52 bits per heavy atom. The lowest BCUT2D eigenvalue weighted by molar-refractivity contribution is -0.125. The molecule has 2 aromatic rings. The summed E-state index contributed by atoms with van der Waals surface area (Å²) < 4.78 is 31.0. The average Bonchev–Trinajstić information content (AvgIpc) is 3.06. The molecule has 1 unspecified atom stereocenters. The van der Waals surface area contributed by atoms with Crippen LogP contribution < -0.4 is 15.0 Å². The van der Waals surface area contributed by atoms with Crippen LogP contribution in [0.2, 0.25) is 0 Å². The third kappa shape index (κ3) is 3.84. The van der Waals surface area contributed by atoms with Gasteiger partial charge in [0.25, 0.3) is 6.43 Å². The van der Waals surface area contributed by atoms with Crippen LogP contribution >= 0.6 is 11.3 Å². The molecule has 1 aromatic heterocycles. The number of rotatable bonds is 5. The van der Waals surface area contributed by atoms with E-state index in [2.05, 4.69) is 10.2 Å². The van der Waals surface area contributed by atoms with Gasteiger partial charge in [-0.15, -0.1) is 0 Å². The lowest BCUT2D eigenvalue weighted by Crippen LogP contribution is -2.44. The third-order valence-corrected chi connectivity index (χ3v) is 5.66. The van der Waals surface area contributed by atoms with Gasteiger partial charge in [0.15, 0.2) is 5.13 Å². The highest BCUT2D eigenvalue weighted by atomic mass is 32.1. The number of alkyl halides is 2. The van der Waals surface area contributed by atoms with E-state index in [1.807, 2.05) is 19.1 Å². The summed E-state index contributed by atoms with van der Waals surface area (Å²) in [5.74, 6) is 0.133. The van der Waals surface area contributed by atoms with Gasteiger partial charge in [-0.05, 0) is 31.4 Å². The van der Waals surface area contributed by atoms with Crippen LogP contribution in [0.25, 0.3) is 10.2 Å². The molecule has 2 heterocycles. The first kappa shape index (κ1) is 17.8. The van der Waals surface area contributed by atoms with Crippen LogP contribution in [0.4, 0.5) is 13.9 Å². The zero-order chi connectivity index (χ0) is 18.0. The number of nitrogens with one attached hydrogen (secondary N) is 1. The Bertz CT molecular complexity index is 766. The number of amides is 1. The maximum atomic E-state index is 12.3. The maximum absolute atomic E-state index is 12.3. The minimum atomic E-state index is -2.52. The van der Waals surface area contributed by atoms with Crippen molar-refractivity contribution in [2.24, 2.45) is 5.92 Å². The summed E-state index contributed by atoms with van der Waals surface area (Å²) >= 11 is 1.58. The van der Waals surface area contributed by atoms with Gasteiger partial charge in [0.05, 0.1) is 24.3 Å². The Balaban J connectivity index is 1.78. The Morgan fingerprint density at radius 3 is 3.04 bits per heavy atom. The summed E-state index contributed by atoms with van der Waals surface area (Å²) in [5.41, 5.74) is 1.95. The van der Waals surface area contributed by atoms with Crippen LogP contribution in [0.1, 0.15) is 18.4 Å². The molecule has 0 spiro atoms. The standard InChI is InChI=1S/C17H21F2N3O2S/c1-10-5-6-12(24-2)14-15(10)25-17(21-14)22-7-3-4-11(9-22)16(23)20-8-13(18)19/h5-6,11,13H,3-4,7-9H2,1-2H3,(H,20,23). The molecule has 1 aliphatic heterocycles. The largest absolute Gasteiger partial charge is 0.494 e. The van der Waals surface area contributed by atoms with Crippen molar-refractivity contribution < 1.29 is 18.3 Å². The number of anilines is 1. The van der Waals surface area contributed by atoms with Crippen molar-refractivity contribution in [3.8, 4) is 5.75 Å². The fraction of sp³-hybridized carbons (Fsp3) is 0.529. The van der Waals surface area contributed by atoms with Crippen molar-refractivity contribution in [2.75, 3.05) is 31.6 Å². The third-order valence-electron chi connectivity index (χ3n) is 4.41. The molecule has 0 bridgehead atoms. The van der Waals surface area contributed by atoms with Gasteiger partial charge in [0.2, 0.25) is 5.91 Å². The number of nitrogens with zero attached hydrogens (tertiary/aromatic N) is 2. The minimum Gasteiger partial charge on any atom is -0.494 e. The van der Waals surface area contributed by atoms with Gasteiger partial charge in [-0.25, -0.2) is 13.8 Å². The fourth-order valence-corrected chi connectivity index (χ4v) is 4.17. The average molecular weight is 369 g/mol. The second-order valence-electron chi connectivity index (χ2n) is 6.18. The van der Waals surface area contributed by atoms with Crippen molar-refractivity contribution in [1.82, 2.24) is 10.3 Å². The molecule has 1 N–H and O–H groups in total. The molecule has 1 saturated heterocycles. The number of fused-ring (bicyclic) bond motifs is 1. The number of halogens is 2. The van der Waals surface area contributed by atoms with E-state index in [1.54, 1.807) is 18.4 Å². The van der Waals surface area contributed by atoms with Gasteiger partial charge in [-0.3, -0.25) is 4.79 Å². The molecule has 1 amide bonds. The van der Waals surface area contributed by atoms with E-state index in [9.17, 15) is 13.6 Å². The first-order valence-corrected chi connectivity index (χ1v) is 9.06. The number of benzene rings is 1. The number of hydrogen-bond donors (Lipinski definition) is 1. The Morgan fingerprint density at radius 2 is 2.32 bits per heavy atom. The van der Waals surface area contributed by atoms with E-state index in [4.69, 9.17) is 9.72 Å². The number of thiazole rings is 1. The second-order valence-corrected chi connectivity index (χ2v) is 7.16. The van der Waals surface area contributed by atoms with Gasteiger partial charge < -0.3 is 15.0 Å². The van der Waals surface area contributed by atoms with E-state index in [1.165, 1.54) is 0 Å². The summed E-state index contributed by atoms with van der Waals surface area (Å²) in [5, 5.41) is 3.17. The molecule has 5 nitrogen and oxygen atoms in total. The highest BCUT2D eigenvalue weighted by Gasteiger charge is 2.28. The Hall–Kier alpha value is -1.96. The summed E-state index contributed by atoms with van der Waals surface area (Å²) in [4.78, 5) is 18.9. The molecule has 3 rings (SSSR count). The van der Waals surface area contributed by atoms with E-state index < -0.39 is 13.0 Å². The Kier molecular flexibility index (Phi) is 5.36. The number of carbonyl (C=O) groups excluding carboxylic acids is 1. The molecule has 1 aromatic carbocycles. The molecule has 1 aliphatic rings. The monoisotopic (exact) mass is 369 g/mol. The lowest BCUT2D eigenvalue weighted by atomic mass is 9.97. The topological polar surface area (TPSA) is 54.5 Å². The zero-order valence-electron chi connectivity index (χ0n) is 14.2. The predicted molar refractivity (Wildman–Crippen MR) is 94.9 cm³/mol. The molecule has 136 valence electrons. The molecule has 1 atom stereocenters. The highest BCUT2D eigenvalue weighted by Crippen LogP contribution is 2.37. The van der Waals surface area contributed by atoms with Gasteiger partial charge in [0.1, 0.15) is 11.3 Å². The number of piperidine rings is 1. The van der Waals surface area contributed by atoms with E-state index in [0.29, 0.717) is 13.0 Å². The number of aryl methyl sites for hydroxylation is 1. The number of aromatic nitrogens is 1. The first-order valence-electron chi connectivity index (χ1n) is 8.24.